The van der Waals surface area contributed by atoms with Crippen molar-refractivity contribution in [2.45, 2.75) is 64.4 Å². The first-order valence-electron chi connectivity index (χ1n) is 11.8. The average molecular weight is 422 g/mol. The molecule has 0 spiro atoms. The molecule has 168 valence electrons. The third-order valence-corrected chi connectivity index (χ3v) is 7.00. The second-order valence-corrected chi connectivity index (χ2v) is 9.71. The quantitative estimate of drug-likeness (QED) is 0.311. The number of carbonyl (C=O) groups is 1. The number of hydrogen-bond donors (Lipinski definition) is 1. The topological polar surface area (TPSA) is 40.5 Å². The molecule has 0 radical (unpaired) electrons. The van der Waals surface area contributed by atoms with Crippen molar-refractivity contribution in [1.29, 1.82) is 0 Å². The minimum absolute atomic E-state index is 0.218. The SMILES string of the molecule is Cc1cccc(C(C)/C=C/C=C/[C@@H]2[C@H]3CC(CCCCC(=O)N(C)C)=C[C@H]3C[C@H]2O)c1. The molecule has 1 amide bonds. The molecule has 5 atom stereocenters. The lowest BCUT2D eigenvalue weighted by molar-refractivity contribution is -0.128. The fourth-order valence-electron chi connectivity index (χ4n) is 5.13. The van der Waals surface area contributed by atoms with E-state index in [0.29, 0.717) is 24.2 Å². The molecule has 0 bridgehead atoms. The average Bonchev–Trinajstić information content (AvgIpc) is 3.24. The molecule has 2 aliphatic rings. The van der Waals surface area contributed by atoms with E-state index in [1.165, 1.54) is 16.7 Å². The van der Waals surface area contributed by atoms with E-state index in [1.54, 1.807) is 4.90 Å². The maximum absolute atomic E-state index is 11.7. The first-order valence-corrected chi connectivity index (χ1v) is 11.8. The molecule has 3 heteroatoms. The smallest absolute Gasteiger partial charge is 0.222 e. The highest BCUT2D eigenvalue weighted by molar-refractivity contribution is 5.75. The highest BCUT2D eigenvalue weighted by Gasteiger charge is 2.42. The van der Waals surface area contributed by atoms with Crippen LogP contribution in [-0.2, 0) is 4.79 Å². The van der Waals surface area contributed by atoms with Gasteiger partial charge in [-0.05, 0) is 62.3 Å². The number of rotatable bonds is 9. The number of fused-ring (bicyclic) bond motifs is 1. The summed E-state index contributed by atoms with van der Waals surface area (Å²) in [7, 11) is 3.64. The van der Waals surface area contributed by atoms with E-state index in [4.69, 9.17) is 0 Å². The summed E-state index contributed by atoms with van der Waals surface area (Å²) < 4.78 is 0. The zero-order chi connectivity index (χ0) is 22.4. The molecule has 2 aliphatic carbocycles. The van der Waals surface area contributed by atoms with Crippen molar-refractivity contribution in [2.24, 2.45) is 17.8 Å². The molecule has 0 saturated heterocycles. The maximum atomic E-state index is 11.7. The number of hydrogen-bond acceptors (Lipinski definition) is 2. The van der Waals surface area contributed by atoms with Crippen molar-refractivity contribution in [3.63, 3.8) is 0 Å². The molecule has 3 rings (SSSR count). The minimum atomic E-state index is -0.232. The Bertz CT molecular complexity index is 835. The molecule has 3 nitrogen and oxygen atoms in total. The summed E-state index contributed by atoms with van der Waals surface area (Å²) in [6.07, 6.45) is 16.7. The zero-order valence-electron chi connectivity index (χ0n) is 19.6. The van der Waals surface area contributed by atoms with E-state index in [2.05, 4.69) is 68.5 Å². The van der Waals surface area contributed by atoms with Crippen molar-refractivity contribution in [2.75, 3.05) is 14.1 Å². The van der Waals surface area contributed by atoms with E-state index in [9.17, 15) is 9.90 Å². The first-order chi connectivity index (χ1) is 14.8. The lowest BCUT2D eigenvalue weighted by Crippen LogP contribution is -2.21. The second-order valence-electron chi connectivity index (χ2n) is 9.71. The predicted molar refractivity (Wildman–Crippen MR) is 129 cm³/mol. The summed E-state index contributed by atoms with van der Waals surface area (Å²) in [6.45, 7) is 4.35. The molecule has 1 aromatic carbocycles. The highest BCUT2D eigenvalue weighted by atomic mass is 16.3. The summed E-state index contributed by atoms with van der Waals surface area (Å²) in [5.74, 6) is 1.89. The van der Waals surface area contributed by atoms with Crippen LogP contribution in [0.25, 0.3) is 0 Å². The number of benzene rings is 1. The van der Waals surface area contributed by atoms with Gasteiger partial charge in [0.1, 0.15) is 0 Å². The summed E-state index contributed by atoms with van der Waals surface area (Å²) in [5.41, 5.74) is 4.16. The van der Waals surface area contributed by atoms with Crippen molar-refractivity contribution < 1.29 is 9.90 Å². The van der Waals surface area contributed by atoms with Crippen LogP contribution in [0.4, 0.5) is 0 Å². The second kappa shape index (κ2) is 10.9. The Morgan fingerprint density at radius 2 is 2.06 bits per heavy atom. The Hall–Kier alpha value is -2.13. The molecule has 1 fully saturated rings. The van der Waals surface area contributed by atoms with Crippen molar-refractivity contribution in [3.05, 3.63) is 71.3 Å². The standard InChI is InChI=1S/C28H39NO2/c1-20-10-9-13-23(16-20)21(2)11-5-7-14-25-26-18-22(17-24(26)19-27(25)30)12-6-8-15-28(31)29(3)4/h5,7,9-11,13-14,16-17,21,24-27,30H,6,8,12,15,18-19H2,1-4H3/b11-5+,14-7+/t21?,24-,25+,26-,27+/m0/s1. The first kappa shape index (κ1) is 23.5. The molecule has 1 saturated carbocycles. The third-order valence-electron chi connectivity index (χ3n) is 7.00. The Morgan fingerprint density at radius 1 is 1.26 bits per heavy atom. The number of aliphatic hydroxyl groups is 1. The van der Waals surface area contributed by atoms with Gasteiger partial charge in [-0.15, -0.1) is 0 Å². The molecule has 1 N–H and O–H groups in total. The van der Waals surface area contributed by atoms with Crippen LogP contribution in [0.3, 0.4) is 0 Å². The minimum Gasteiger partial charge on any atom is -0.392 e. The fraction of sp³-hybridized carbons (Fsp3) is 0.536. The number of amides is 1. The lowest BCUT2D eigenvalue weighted by Gasteiger charge is -2.18. The number of allylic oxidation sites excluding steroid dienone is 5. The predicted octanol–water partition coefficient (Wildman–Crippen LogP) is 5.80. The van der Waals surface area contributed by atoms with Gasteiger partial charge in [-0.25, -0.2) is 0 Å². The van der Waals surface area contributed by atoms with Gasteiger partial charge in [0, 0.05) is 26.4 Å². The van der Waals surface area contributed by atoms with Gasteiger partial charge in [0.15, 0.2) is 0 Å². The van der Waals surface area contributed by atoms with Crippen LogP contribution in [0.5, 0.6) is 0 Å². The van der Waals surface area contributed by atoms with Crippen LogP contribution in [0.1, 0.15) is 62.5 Å². The van der Waals surface area contributed by atoms with E-state index in [1.807, 2.05) is 14.1 Å². The molecule has 1 unspecified atom stereocenters. The van der Waals surface area contributed by atoms with Gasteiger partial charge in [0.2, 0.25) is 5.91 Å². The van der Waals surface area contributed by atoms with Crippen molar-refractivity contribution in [1.82, 2.24) is 4.90 Å². The molecule has 0 heterocycles. The van der Waals surface area contributed by atoms with Crippen LogP contribution in [-0.4, -0.2) is 36.1 Å². The number of unbranched alkanes of at least 4 members (excludes halogenated alkanes) is 1. The van der Waals surface area contributed by atoms with Crippen LogP contribution in [0, 0.1) is 24.7 Å². The zero-order valence-corrected chi connectivity index (χ0v) is 19.6. The summed E-state index contributed by atoms with van der Waals surface area (Å²) in [5, 5.41) is 10.6. The van der Waals surface area contributed by atoms with Gasteiger partial charge in [0.05, 0.1) is 6.10 Å². The largest absolute Gasteiger partial charge is 0.392 e. The summed E-state index contributed by atoms with van der Waals surface area (Å²) in [6, 6.07) is 8.67. The molecular formula is C28H39NO2. The lowest BCUT2D eigenvalue weighted by atomic mass is 9.88. The van der Waals surface area contributed by atoms with Gasteiger partial charge in [-0.2, -0.15) is 0 Å². The number of nitrogens with zero attached hydrogens (tertiary/aromatic N) is 1. The van der Waals surface area contributed by atoms with Gasteiger partial charge in [0.25, 0.3) is 0 Å². The van der Waals surface area contributed by atoms with Gasteiger partial charge >= 0.3 is 0 Å². The Morgan fingerprint density at radius 3 is 2.81 bits per heavy atom. The Labute approximate surface area is 188 Å². The molecule has 31 heavy (non-hydrogen) atoms. The normalized spacial score (nSPS) is 26.4. The summed E-state index contributed by atoms with van der Waals surface area (Å²) in [4.78, 5) is 13.4. The van der Waals surface area contributed by atoms with Gasteiger partial charge in [-0.3, -0.25) is 4.79 Å². The number of aliphatic hydroxyl groups excluding tert-OH is 1. The maximum Gasteiger partial charge on any atom is 0.222 e. The van der Waals surface area contributed by atoms with Crippen LogP contribution < -0.4 is 0 Å². The van der Waals surface area contributed by atoms with Crippen LogP contribution >= 0.6 is 0 Å². The molecule has 0 aromatic heterocycles. The van der Waals surface area contributed by atoms with Gasteiger partial charge in [-0.1, -0.05) is 72.7 Å². The highest BCUT2D eigenvalue weighted by Crippen LogP contribution is 2.48. The number of aryl methyl sites for hydroxylation is 1. The Balaban J connectivity index is 1.47. The summed E-state index contributed by atoms with van der Waals surface area (Å²) >= 11 is 0. The van der Waals surface area contributed by atoms with Gasteiger partial charge < -0.3 is 10.0 Å². The fourth-order valence-corrected chi connectivity index (χ4v) is 5.13. The van der Waals surface area contributed by atoms with E-state index < -0.39 is 0 Å². The number of carbonyl (C=O) groups excluding carboxylic acids is 1. The van der Waals surface area contributed by atoms with Crippen LogP contribution in [0.15, 0.2) is 60.2 Å². The van der Waals surface area contributed by atoms with E-state index in [-0.39, 0.29) is 17.9 Å². The van der Waals surface area contributed by atoms with Crippen LogP contribution in [0.2, 0.25) is 0 Å². The van der Waals surface area contributed by atoms with E-state index in [0.717, 1.165) is 32.1 Å². The van der Waals surface area contributed by atoms with E-state index >= 15 is 0 Å². The molecule has 0 aliphatic heterocycles. The van der Waals surface area contributed by atoms with Crippen molar-refractivity contribution >= 4 is 5.91 Å². The molecule has 1 aromatic rings. The third kappa shape index (κ3) is 6.43. The Kier molecular flexibility index (Phi) is 8.31. The monoisotopic (exact) mass is 421 g/mol. The van der Waals surface area contributed by atoms with Crippen molar-refractivity contribution in [3.8, 4) is 0 Å². The molecular weight excluding hydrogens is 382 g/mol.